The Balaban J connectivity index is 2.48. The van der Waals surface area contributed by atoms with E-state index in [0.717, 1.165) is 31.4 Å². The summed E-state index contributed by atoms with van der Waals surface area (Å²) in [6, 6.07) is 8.73. The number of ether oxygens (including phenoxy) is 1. The molecule has 0 amide bonds. The first-order valence-electron chi connectivity index (χ1n) is 12.3. The molecular formula is C26H45NO3. The predicted molar refractivity (Wildman–Crippen MR) is 125 cm³/mol. The fraction of sp³-hybridized carbons (Fsp3) is 0.731. The molecule has 0 radical (unpaired) electrons. The second kappa shape index (κ2) is 18.5. The molecule has 30 heavy (non-hydrogen) atoms. The smallest absolute Gasteiger partial charge is 0.159 e. The number of hydrogen-bond donors (Lipinski definition) is 2. The van der Waals surface area contributed by atoms with Gasteiger partial charge in [-0.2, -0.15) is 5.48 Å². The van der Waals surface area contributed by atoms with E-state index >= 15 is 0 Å². The number of unbranched alkanes of at least 4 members (excludes halogenated alkanes) is 10. The molecule has 1 aromatic carbocycles. The predicted octanol–water partition coefficient (Wildman–Crippen LogP) is 7.16. The Morgan fingerprint density at radius 3 is 2.03 bits per heavy atom. The van der Waals surface area contributed by atoms with E-state index in [2.05, 4.69) is 19.3 Å². The molecule has 4 heteroatoms. The van der Waals surface area contributed by atoms with Crippen molar-refractivity contribution in [3.05, 3.63) is 35.9 Å². The summed E-state index contributed by atoms with van der Waals surface area (Å²) >= 11 is 0. The van der Waals surface area contributed by atoms with E-state index in [4.69, 9.17) is 4.74 Å². The number of hydrogen-bond acceptors (Lipinski definition) is 4. The van der Waals surface area contributed by atoms with Crippen LogP contribution in [0.4, 0.5) is 0 Å². The Labute approximate surface area is 184 Å². The van der Waals surface area contributed by atoms with Gasteiger partial charge in [-0.1, -0.05) is 115 Å². The van der Waals surface area contributed by atoms with Crippen LogP contribution in [0.15, 0.2) is 30.3 Å². The van der Waals surface area contributed by atoms with E-state index in [1.54, 1.807) is 0 Å². The summed E-state index contributed by atoms with van der Waals surface area (Å²) in [7, 11) is 0. The number of benzene rings is 1. The van der Waals surface area contributed by atoms with Gasteiger partial charge in [-0.25, -0.2) is 0 Å². The average Bonchev–Trinajstić information content (AvgIpc) is 2.76. The zero-order valence-electron chi connectivity index (χ0n) is 19.4. The molecule has 0 aliphatic heterocycles. The summed E-state index contributed by atoms with van der Waals surface area (Å²) in [4.78, 5) is 12.9. The van der Waals surface area contributed by atoms with E-state index in [-0.39, 0.29) is 11.9 Å². The SMILES string of the molecule is CCCCCCCCOC(CCCCCCCC)CC(=O)C(NO)c1ccccc1. The van der Waals surface area contributed by atoms with Crippen LogP contribution < -0.4 is 5.48 Å². The Morgan fingerprint density at radius 2 is 1.43 bits per heavy atom. The molecule has 0 bridgehead atoms. The second-order valence-corrected chi connectivity index (χ2v) is 8.46. The number of Topliss-reactive ketones (excluding diaryl/α,β-unsaturated/α-hetero) is 1. The van der Waals surface area contributed by atoms with Crippen molar-refractivity contribution in [2.45, 2.75) is 116 Å². The molecule has 0 fully saturated rings. The number of hydroxylamine groups is 1. The van der Waals surface area contributed by atoms with Crippen molar-refractivity contribution in [3.8, 4) is 0 Å². The van der Waals surface area contributed by atoms with Gasteiger partial charge in [0.2, 0.25) is 0 Å². The molecule has 0 spiro atoms. The molecule has 2 N–H and O–H groups in total. The fourth-order valence-electron chi connectivity index (χ4n) is 3.85. The van der Waals surface area contributed by atoms with Gasteiger partial charge < -0.3 is 9.94 Å². The molecular weight excluding hydrogens is 374 g/mol. The lowest BCUT2D eigenvalue weighted by Gasteiger charge is -2.21. The topological polar surface area (TPSA) is 58.6 Å². The van der Waals surface area contributed by atoms with E-state index in [1.165, 1.54) is 64.2 Å². The Hall–Kier alpha value is -1.23. The summed E-state index contributed by atoms with van der Waals surface area (Å²) in [5, 5.41) is 9.56. The van der Waals surface area contributed by atoms with Gasteiger partial charge in [0.15, 0.2) is 5.78 Å². The molecule has 0 aliphatic rings. The van der Waals surface area contributed by atoms with Gasteiger partial charge in [0.1, 0.15) is 6.04 Å². The minimum atomic E-state index is -0.684. The van der Waals surface area contributed by atoms with E-state index in [1.807, 2.05) is 30.3 Å². The van der Waals surface area contributed by atoms with Crippen LogP contribution in [0.1, 0.15) is 115 Å². The van der Waals surface area contributed by atoms with Crippen LogP contribution in [0, 0.1) is 0 Å². The molecule has 1 aromatic rings. The molecule has 0 saturated carbocycles. The molecule has 0 aromatic heterocycles. The van der Waals surface area contributed by atoms with Gasteiger partial charge in [0.25, 0.3) is 0 Å². The van der Waals surface area contributed by atoms with E-state index < -0.39 is 6.04 Å². The van der Waals surface area contributed by atoms with Crippen molar-refractivity contribution in [1.82, 2.24) is 5.48 Å². The third-order valence-electron chi connectivity index (χ3n) is 5.74. The summed E-state index contributed by atoms with van der Waals surface area (Å²) in [5.41, 5.74) is 3.00. The van der Waals surface area contributed by atoms with Crippen LogP contribution in [-0.4, -0.2) is 23.7 Å². The van der Waals surface area contributed by atoms with Gasteiger partial charge >= 0.3 is 0 Å². The zero-order chi connectivity index (χ0) is 21.9. The van der Waals surface area contributed by atoms with E-state index in [0.29, 0.717) is 6.42 Å². The first kappa shape index (κ1) is 26.8. The van der Waals surface area contributed by atoms with Crippen molar-refractivity contribution in [2.75, 3.05) is 6.61 Å². The lowest BCUT2D eigenvalue weighted by atomic mass is 9.97. The molecule has 1 rings (SSSR count). The van der Waals surface area contributed by atoms with Gasteiger partial charge in [-0.05, 0) is 18.4 Å². The highest BCUT2D eigenvalue weighted by Crippen LogP contribution is 2.20. The first-order chi connectivity index (χ1) is 14.7. The molecule has 2 atom stereocenters. The highest BCUT2D eigenvalue weighted by molar-refractivity contribution is 5.85. The maximum absolute atomic E-state index is 12.9. The number of nitrogens with one attached hydrogen (secondary N) is 1. The van der Waals surface area contributed by atoms with Crippen molar-refractivity contribution >= 4 is 5.78 Å². The van der Waals surface area contributed by atoms with Gasteiger partial charge in [-0.15, -0.1) is 0 Å². The maximum atomic E-state index is 12.9. The van der Waals surface area contributed by atoms with Crippen molar-refractivity contribution in [3.63, 3.8) is 0 Å². The summed E-state index contributed by atoms with van der Waals surface area (Å²) in [6.45, 7) is 5.19. The summed E-state index contributed by atoms with van der Waals surface area (Å²) in [5.74, 6) is -0.0115. The lowest BCUT2D eigenvalue weighted by Crippen LogP contribution is -2.30. The van der Waals surface area contributed by atoms with Crippen LogP contribution in [0.25, 0.3) is 0 Å². The molecule has 0 aliphatic carbocycles. The Morgan fingerprint density at radius 1 is 0.867 bits per heavy atom. The van der Waals surface area contributed by atoms with Crippen LogP contribution in [0.2, 0.25) is 0 Å². The average molecular weight is 420 g/mol. The largest absolute Gasteiger partial charge is 0.378 e. The van der Waals surface area contributed by atoms with Crippen LogP contribution >= 0.6 is 0 Å². The maximum Gasteiger partial charge on any atom is 0.159 e. The second-order valence-electron chi connectivity index (χ2n) is 8.46. The summed E-state index contributed by atoms with van der Waals surface area (Å²) < 4.78 is 6.15. The lowest BCUT2D eigenvalue weighted by molar-refractivity contribution is -0.126. The van der Waals surface area contributed by atoms with Crippen molar-refractivity contribution in [1.29, 1.82) is 0 Å². The number of carbonyl (C=O) groups excluding carboxylic acids is 1. The Bertz CT molecular complexity index is 520. The van der Waals surface area contributed by atoms with Gasteiger partial charge in [0, 0.05) is 13.0 Å². The number of rotatable bonds is 20. The normalized spacial score (nSPS) is 13.3. The van der Waals surface area contributed by atoms with Crippen molar-refractivity contribution in [2.24, 2.45) is 0 Å². The van der Waals surface area contributed by atoms with E-state index in [9.17, 15) is 10.0 Å². The van der Waals surface area contributed by atoms with Gasteiger partial charge in [0.05, 0.1) is 6.10 Å². The molecule has 0 heterocycles. The molecule has 2 unspecified atom stereocenters. The number of ketones is 1. The standard InChI is InChI=1S/C26H45NO3/c1-3-5-7-9-11-16-20-24(30-21-17-12-10-8-6-4-2)22-25(28)26(27-29)23-18-14-13-15-19-23/h13-15,18-19,24,26-27,29H,3-12,16-17,20-22H2,1-2H3. The van der Waals surface area contributed by atoms with Crippen LogP contribution in [-0.2, 0) is 9.53 Å². The third-order valence-corrected chi connectivity index (χ3v) is 5.74. The molecule has 4 nitrogen and oxygen atoms in total. The first-order valence-corrected chi connectivity index (χ1v) is 12.3. The summed E-state index contributed by atoms with van der Waals surface area (Å²) in [6.07, 6.45) is 16.0. The third kappa shape index (κ3) is 12.5. The monoisotopic (exact) mass is 419 g/mol. The Kier molecular flexibility index (Phi) is 16.6. The molecule has 172 valence electrons. The quantitative estimate of drug-likeness (QED) is 0.174. The molecule has 0 saturated heterocycles. The van der Waals surface area contributed by atoms with Crippen LogP contribution in [0.3, 0.4) is 0 Å². The highest BCUT2D eigenvalue weighted by atomic mass is 16.5. The highest BCUT2D eigenvalue weighted by Gasteiger charge is 2.23. The zero-order valence-corrected chi connectivity index (χ0v) is 19.4. The van der Waals surface area contributed by atoms with Gasteiger partial charge in [-0.3, -0.25) is 4.79 Å². The minimum absolute atomic E-state index is 0.0115. The number of carbonyl (C=O) groups is 1. The minimum Gasteiger partial charge on any atom is -0.378 e. The van der Waals surface area contributed by atoms with Crippen LogP contribution in [0.5, 0.6) is 0 Å². The fourth-order valence-corrected chi connectivity index (χ4v) is 3.85. The van der Waals surface area contributed by atoms with Crippen molar-refractivity contribution < 1.29 is 14.7 Å².